The largest absolute Gasteiger partial charge is 0.493 e. The molecule has 1 saturated heterocycles. The molecule has 0 saturated carbocycles. The number of halogens is 3. The third kappa shape index (κ3) is 4.94. The van der Waals surface area contributed by atoms with Gasteiger partial charge in [-0.2, -0.15) is 13.2 Å². The Morgan fingerprint density at radius 1 is 1.29 bits per heavy atom. The normalized spacial score (nSPS) is 15.8. The first kappa shape index (κ1) is 20.0. The summed E-state index contributed by atoms with van der Waals surface area (Å²) in [5, 5.41) is 9.01. The third-order valence-corrected chi connectivity index (χ3v) is 4.65. The number of aromatic nitrogens is 1. The molecule has 0 amide bonds. The number of hydrogen-bond acceptors (Lipinski definition) is 4. The fourth-order valence-electron chi connectivity index (χ4n) is 3.04. The van der Waals surface area contributed by atoms with Gasteiger partial charge in [-0.15, -0.1) is 0 Å². The number of carboxylic acids is 1. The second-order valence-electron chi connectivity index (χ2n) is 7.05. The van der Waals surface area contributed by atoms with Gasteiger partial charge in [-0.25, -0.2) is 4.98 Å². The van der Waals surface area contributed by atoms with Gasteiger partial charge in [-0.1, -0.05) is 25.1 Å². The SMILES string of the molecule is C[C@@H](Cc1cccc(OCC2CN(c3cccc(C(F)(F)F)n3)C2)c1)C(=O)O. The first-order valence-corrected chi connectivity index (χ1v) is 8.96. The summed E-state index contributed by atoms with van der Waals surface area (Å²) in [6.07, 6.45) is -4.03. The number of pyridine rings is 1. The van der Waals surface area contributed by atoms with E-state index in [4.69, 9.17) is 9.84 Å². The number of hydrogen-bond donors (Lipinski definition) is 1. The van der Waals surface area contributed by atoms with E-state index < -0.39 is 23.8 Å². The molecule has 3 rings (SSSR count). The van der Waals surface area contributed by atoms with E-state index in [-0.39, 0.29) is 5.92 Å². The Bertz CT molecular complexity index is 835. The molecule has 0 bridgehead atoms. The predicted octanol–water partition coefficient (Wildman–Crippen LogP) is 3.88. The molecule has 28 heavy (non-hydrogen) atoms. The van der Waals surface area contributed by atoms with Crippen LogP contribution in [0, 0.1) is 11.8 Å². The summed E-state index contributed by atoms with van der Waals surface area (Å²) in [6, 6.07) is 11.2. The van der Waals surface area contributed by atoms with Crippen molar-refractivity contribution < 1.29 is 27.8 Å². The Balaban J connectivity index is 1.50. The van der Waals surface area contributed by atoms with Crippen molar-refractivity contribution in [2.45, 2.75) is 19.5 Å². The highest BCUT2D eigenvalue weighted by Gasteiger charge is 2.34. The molecule has 1 aromatic carbocycles. The van der Waals surface area contributed by atoms with Crippen LogP contribution in [0.4, 0.5) is 19.0 Å². The number of ether oxygens (including phenoxy) is 1. The first-order chi connectivity index (χ1) is 13.2. The molecule has 8 heteroatoms. The average Bonchev–Trinajstić information content (AvgIpc) is 2.60. The van der Waals surface area contributed by atoms with Gasteiger partial charge in [-0.3, -0.25) is 4.79 Å². The van der Waals surface area contributed by atoms with Gasteiger partial charge >= 0.3 is 12.1 Å². The molecule has 1 atom stereocenters. The summed E-state index contributed by atoms with van der Waals surface area (Å²) in [5.41, 5.74) is -0.00657. The van der Waals surface area contributed by atoms with Gasteiger partial charge in [0.1, 0.15) is 17.3 Å². The molecule has 0 radical (unpaired) electrons. The number of benzene rings is 1. The lowest BCUT2D eigenvalue weighted by Crippen LogP contribution is -2.49. The number of carbonyl (C=O) groups is 1. The lowest BCUT2D eigenvalue weighted by atomic mass is 10.0. The quantitative estimate of drug-likeness (QED) is 0.772. The van der Waals surface area contributed by atoms with E-state index in [2.05, 4.69) is 4.98 Å². The van der Waals surface area contributed by atoms with Crippen molar-refractivity contribution in [1.29, 1.82) is 0 Å². The van der Waals surface area contributed by atoms with Crippen molar-refractivity contribution in [3.8, 4) is 5.75 Å². The number of rotatable bonds is 7. The zero-order chi connectivity index (χ0) is 20.3. The van der Waals surface area contributed by atoms with Crippen LogP contribution in [0.1, 0.15) is 18.2 Å². The molecular formula is C20H21F3N2O3. The Hall–Kier alpha value is -2.77. The fraction of sp³-hybridized carbons (Fsp3) is 0.400. The Kier molecular flexibility index (Phi) is 5.76. The minimum absolute atomic E-state index is 0.193. The molecule has 0 aliphatic carbocycles. The number of carboxylic acid groups (broad SMARTS) is 1. The summed E-state index contributed by atoms with van der Waals surface area (Å²) >= 11 is 0. The van der Waals surface area contributed by atoms with Crippen molar-refractivity contribution in [2.75, 3.05) is 24.6 Å². The van der Waals surface area contributed by atoms with Crippen molar-refractivity contribution in [1.82, 2.24) is 4.98 Å². The van der Waals surface area contributed by atoms with E-state index in [0.717, 1.165) is 11.6 Å². The van der Waals surface area contributed by atoms with Crippen LogP contribution in [0.25, 0.3) is 0 Å². The Labute approximate surface area is 160 Å². The van der Waals surface area contributed by atoms with Gasteiger partial charge in [0.2, 0.25) is 0 Å². The lowest BCUT2D eigenvalue weighted by Gasteiger charge is -2.40. The molecule has 1 aliphatic rings. The highest BCUT2D eigenvalue weighted by molar-refractivity contribution is 5.69. The fourth-order valence-corrected chi connectivity index (χ4v) is 3.04. The van der Waals surface area contributed by atoms with E-state index in [1.807, 2.05) is 18.2 Å². The highest BCUT2D eigenvalue weighted by Crippen LogP contribution is 2.31. The molecule has 0 unspecified atom stereocenters. The van der Waals surface area contributed by atoms with Gasteiger partial charge < -0.3 is 14.7 Å². The summed E-state index contributed by atoms with van der Waals surface area (Å²) in [7, 11) is 0. The van der Waals surface area contributed by atoms with E-state index in [0.29, 0.717) is 37.7 Å². The van der Waals surface area contributed by atoms with Crippen molar-refractivity contribution in [3.63, 3.8) is 0 Å². The minimum Gasteiger partial charge on any atom is -0.493 e. The van der Waals surface area contributed by atoms with Crippen LogP contribution in [-0.4, -0.2) is 35.8 Å². The molecule has 2 aromatic rings. The summed E-state index contributed by atoms with van der Waals surface area (Å²) in [5.74, 6) is -0.154. The number of anilines is 1. The van der Waals surface area contributed by atoms with Crippen LogP contribution in [-0.2, 0) is 17.4 Å². The van der Waals surface area contributed by atoms with E-state index in [1.165, 1.54) is 6.07 Å². The smallest absolute Gasteiger partial charge is 0.433 e. The lowest BCUT2D eigenvalue weighted by molar-refractivity contribution is -0.141. The third-order valence-electron chi connectivity index (χ3n) is 4.65. The minimum atomic E-state index is -4.45. The van der Waals surface area contributed by atoms with Crippen LogP contribution in [0.15, 0.2) is 42.5 Å². The van der Waals surface area contributed by atoms with Gasteiger partial charge in [-0.05, 0) is 36.2 Å². The monoisotopic (exact) mass is 394 g/mol. The van der Waals surface area contributed by atoms with Crippen molar-refractivity contribution in [3.05, 3.63) is 53.7 Å². The van der Waals surface area contributed by atoms with Crippen LogP contribution in [0.2, 0.25) is 0 Å². The molecule has 5 nitrogen and oxygen atoms in total. The summed E-state index contributed by atoms with van der Waals surface area (Å²) in [4.78, 5) is 16.4. The second kappa shape index (κ2) is 8.08. The van der Waals surface area contributed by atoms with Crippen molar-refractivity contribution >= 4 is 11.8 Å². The molecule has 150 valence electrons. The molecule has 2 heterocycles. The van der Waals surface area contributed by atoms with E-state index in [1.54, 1.807) is 24.0 Å². The van der Waals surface area contributed by atoms with Crippen LogP contribution < -0.4 is 9.64 Å². The molecule has 0 spiro atoms. The first-order valence-electron chi connectivity index (χ1n) is 8.96. The van der Waals surface area contributed by atoms with E-state index >= 15 is 0 Å². The van der Waals surface area contributed by atoms with Crippen LogP contribution >= 0.6 is 0 Å². The summed E-state index contributed by atoms with van der Waals surface area (Å²) < 4.78 is 44.1. The van der Waals surface area contributed by atoms with Crippen molar-refractivity contribution in [2.24, 2.45) is 11.8 Å². The predicted molar refractivity (Wildman–Crippen MR) is 97.4 cm³/mol. The molecular weight excluding hydrogens is 373 g/mol. The highest BCUT2D eigenvalue weighted by atomic mass is 19.4. The maximum atomic E-state index is 12.8. The van der Waals surface area contributed by atoms with E-state index in [9.17, 15) is 18.0 Å². The van der Waals surface area contributed by atoms with Gasteiger partial charge in [0.25, 0.3) is 0 Å². The van der Waals surface area contributed by atoms with Crippen LogP contribution in [0.3, 0.4) is 0 Å². The Morgan fingerprint density at radius 3 is 2.68 bits per heavy atom. The molecule has 1 fully saturated rings. The Morgan fingerprint density at radius 2 is 2.00 bits per heavy atom. The average molecular weight is 394 g/mol. The van der Waals surface area contributed by atoms with Crippen LogP contribution in [0.5, 0.6) is 5.75 Å². The standard InChI is InChI=1S/C20H21F3N2O3/c1-13(19(26)27)8-14-4-2-5-16(9-14)28-12-15-10-25(11-15)18-7-3-6-17(24-18)20(21,22)23/h2-7,9,13,15H,8,10-12H2,1H3,(H,26,27)/t13-/m0/s1. The maximum absolute atomic E-state index is 12.8. The summed E-state index contributed by atoms with van der Waals surface area (Å²) in [6.45, 7) is 3.24. The van der Waals surface area contributed by atoms with Gasteiger partial charge in [0.05, 0.1) is 12.5 Å². The number of nitrogens with zero attached hydrogens (tertiary/aromatic N) is 2. The zero-order valence-electron chi connectivity index (χ0n) is 15.3. The topological polar surface area (TPSA) is 62.7 Å². The number of aliphatic carboxylic acids is 1. The van der Waals surface area contributed by atoms with Gasteiger partial charge in [0.15, 0.2) is 0 Å². The maximum Gasteiger partial charge on any atom is 0.433 e. The zero-order valence-corrected chi connectivity index (χ0v) is 15.3. The second-order valence-corrected chi connectivity index (χ2v) is 7.05. The molecule has 1 aliphatic heterocycles. The molecule has 1 N–H and O–H groups in total. The molecule has 1 aromatic heterocycles. The number of alkyl halides is 3. The van der Waals surface area contributed by atoms with Gasteiger partial charge in [0, 0.05) is 19.0 Å².